The molecule has 0 aliphatic carbocycles. The molecule has 94 valence electrons. The van der Waals surface area contributed by atoms with Gasteiger partial charge in [-0.15, -0.1) is 0 Å². The minimum Gasteiger partial charge on any atom is -0.489 e. The molecule has 0 atom stereocenters. The van der Waals surface area contributed by atoms with Crippen LogP contribution in [0.25, 0.3) is 0 Å². The van der Waals surface area contributed by atoms with Gasteiger partial charge in [-0.25, -0.2) is 4.39 Å². The fourth-order valence-electron chi connectivity index (χ4n) is 1.66. The first-order chi connectivity index (χ1) is 8.67. The van der Waals surface area contributed by atoms with Crippen LogP contribution in [0.15, 0.2) is 36.7 Å². The van der Waals surface area contributed by atoms with E-state index in [0.29, 0.717) is 17.9 Å². The zero-order chi connectivity index (χ0) is 13.0. The van der Waals surface area contributed by atoms with Crippen molar-refractivity contribution in [3.8, 4) is 5.75 Å². The van der Waals surface area contributed by atoms with Crippen LogP contribution in [0.2, 0.25) is 0 Å². The average Bonchev–Trinajstić information content (AvgIpc) is 2.36. The first-order valence-electron chi connectivity index (χ1n) is 5.61. The van der Waals surface area contributed by atoms with Crippen molar-refractivity contribution in [3.05, 3.63) is 59.2 Å². The number of aromatic nitrogens is 1. The third-order valence-corrected chi connectivity index (χ3v) is 2.45. The maximum atomic E-state index is 13.2. The van der Waals surface area contributed by atoms with E-state index in [1.807, 2.05) is 13.0 Å². The minimum atomic E-state index is -0.418. The predicted molar refractivity (Wildman–Crippen MR) is 65.6 cm³/mol. The van der Waals surface area contributed by atoms with E-state index < -0.39 is 5.82 Å². The molecule has 0 fully saturated rings. The van der Waals surface area contributed by atoms with Crippen molar-refractivity contribution < 1.29 is 14.2 Å². The maximum absolute atomic E-state index is 13.2. The van der Waals surface area contributed by atoms with E-state index in [1.54, 1.807) is 18.5 Å². The fourth-order valence-corrected chi connectivity index (χ4v) is 1.66. The van der Waals surface area contributed by atoms with Crippen molar-refractivity contribution in [2.75, 3.05) is 0 Å². The Hall–Kier alpha value is -1.94. The Kier molecular flexibility index (Phi) is 3.89. The highest BCUT2D eigenvalue weighted by atomic mass is 19.1. The summed E-state index contributed by atoms with van der Waals surface area (Å²) in [6, 6.07) is 6.15. The molecule has 0 spiro atoms. The zero-order valence-electron chi connectivity index (χ0n) is 10.1. The molecule has 0 aliphatic heterocycles. The standard InChI is InChI=1S/C14H14FNO2/c1-10-2-12(7-16-6-10)9-18-14-4-11(8-17)3-13(15)5-14/h2-7,17H,8-9H2,1H3. The van der Waals surface area contributed by atoms with Gasteiger partial charge in [0.15, 0.2) is 0 Å². The van der Waals surface area contributed by atoms with Gasteiger partial charge in [0.1, 0.15) is 18.2 Å². The van der Waals surface area contributed by atoms with Gasteiger partial charge in [-0.3, -0.25) is 4.98 Å². The molecule has 1 aromatic carbocycles. The van der Waals surface area contributed by atoms with Crippen molar-refractivity contribution in [3.63, 3.8) is 0 Å². The van der Waals surface area contributed by atoms with Gasteiger partial charge in [-0.2, -0.15) is 0 Å². The number of halogens is 1. The lowest BCUT2D eigenvalue weighted by Gasteiger charge is -2.08. The minimum absolute atomic E-state index is 0.208. The number of benzene rings is 1. The third kappa shape index (κ3) is 3.28. The molecule has 0 saturated heterocycles. The molecule has 2 rings (SSSR count). The molecule has 1 heterocycles. The van der Waals surface area contributed by atoms with Crippen LogP contribution in [0.3, 0.4) is 0 Å². The summed E-state index contributed by atoms with van der Waals surface area (Å²) in [5.74, 6) is -0.0144. The zero-order valence-corrected chi connectivity index (χ0v) is 10.1. The lowest BCUT2D eigenvalue weighted by atomic mass is 10.2. The van der Waals surface area contributed by atoms with E-state index in [9.17, 15) is 4.39 Å². The van der Waals surface area contributed by atoms with Gasteiger partial charge < -0.3 is 9.84 Å². The smallest absolute Gasteiger partial charge is 0.127 e. The van der Waals surface area contributed by atoms with Crippen LogP contribution >= 0.6 is 0 Å². The molecule has 1 N–H and O–H groups in total. The quantitative estimate of drug-likeness (QED) is 0.903. The van der Waals surface area contributed by atoms with Gasteiger partial charge in [-0.05, 0) is 36.2 Å². The predicted octanol–water partition coefficient (Wildman–Crippen LogP) is 2.60. The number of nitrogens with zero attached hydrogens (tertiary/aromatic N) is 1. The van der Waals surface area contributed by atoms with Gasteiger partial charge in [0.25, 0.3) is 0 Å². The van der Waals surface area contributed by atoms with Gasteiger partial charge in [0, 0.05) is 24.0 Å². The molecular weight excluding hydrogens is 233 g/mol. The molecule has 1 aromatic heterocycles. The van der Waals surface area contributed by atoms with E-state index in [2.05, 4.69) is 4.98 Å². The number of ether oxygens (including phenoxy) is 1. The van der Waals surface area contributed by atoms with Crippen LogP contribution in [0.1, 0.15) is 16.7 Å². The number of pyridine rings is 1. The summed E-state index contributed by atoms with van der Waals surface area (Å²) in [5, 5.41) is 8.98. The number of aliphatic hydroxyl groups excluding tert-OH is 1. The maximum Gasteiger partial charge on any atom is 0.127 e. The average molecular weight is 247 g/mol. The summed E-state index contributed by atoms with van der Waals surface area (Å²) in [6.45, 7) is 2.06. The summed E-state index contributed by atoms with van der Waals surface area (Å²) in [4.78, 5) is 4.05. The largest absolute Gasteiger partial charge is 0.489 e. The van der Waals surface area contributed by atoms with Crippen molar-refractivity contribution >= 4 is 0 Å². The molecule has 0 amide bonds. The second-order valence-electron chi connectivity index (χ2n) is 4.11. The highest BCUT2D eigenvalue weighted by molar-refractivity contribution is 5.29. The summed E-state index contributed by atoms with van der Waals surface area (Å²) in [6.07, 6.45) is 3.47. The van der Waals surface area contributed by atoms with Crippen LogP contribution in [0.5, 0.6) is 5.75 Å². The Morgan fingerprint density at radius 1 is 1.17 bits per heavy atom. The van der Waals surface area contributed by atoms with Crippen molar-refractivity contribution in [2.24, 2.45) is 0 Å². The molecule has 2 aromatic rings. The fraction of sp³-hybridized carbons (Fsp3) is 0.214. The van der Waals surface area contributed by atoms with Gasteiger partial charge in [0.05, 0.1) is 6.61 Å². The lowest BCUT2D eigenvalue weighted by Crippen LogP contribution is -1.98. The second kappa shape index (κ2) is 5.60. The number of hydrogen-bond donors (Lipinski definition) is 1. The Bertz CT molecular complexity index is 543. The lowest BCUT2D eigenvalue weighted by molar-refractivity contribution is 0.276. The van der Waals surface area contributed by atoms with Gasteiger partial charge in [-0.1, -0.05) is 0 Å². The summed E-state index contributed by atoms with van der Waals surface area (Å²) >= 11 is 0. The second-order valence-corrected chi connectivity index (χ2v) is 4.11. The molecule has 0 aliphatic rings. The molecule has 0 bridgehead atoms. The van der Waals surface area contributed by atoms with E-state index in [0.717, 1.165) is 11.1 Å². The van der Waals surface area contributed by atoms with Gasteiger partial charge in [0.2, 0.25) is 0 Å². The monoisotopic (exact) mass is 247 g/mol. The summed E-state index contributed by atoms with van der Waals surface area (Å²) in [5.41, 5.74) is 2.46. The molecular formula is C14H14FNO2. The molecule has 4 heteroatoms. The Balaban J connectivity index is 2.08. The Labute approximate surface area is 105 Å². The Morgan fingerprint density at radius 3 is 2.72 bits per heavy atom. The topological polar surface area (TPSA) is 42.4 Å². The van der Waals surface area contributed by atoms with Gasteiger partial charge >= 0.3 is 0 Å². The van der Waals surface area contributed by atoms with E-state index >= 15 is 0 Å². The SMILES string of the molecule is Cc1cncc(COc2cc(F)cc(CO)c2)c1. The number of aryl methyl sites for hydroxylation is 1. The van der Waals surface area contributed by atoms with Crippen LogP contribution in [0.4, 0.5) is 4.39 Å². The highest BCUT2D eigenvalue weighted by Crippen LogP contribution is 2.18. The summed E-state index contributed by atoms with van der Waals surface area (Å²) < 4.78 is 18.7. The van der Waals surface area contributed by atoms with E-state index in [4.69, 9.17) is 9.84 Å². The molecule has 18 heavy (non-hydrogen) atoms. The Morgan fingerprint density at radius 2 is 2.00 bits per heavy atom. The number of hydrogen-bond acceptors (Lipinski definition) is 3. The third-order valence-electron chi connectivity index (χ3n) is 2.45. The molecule has 0 radical (unpaired) electrons. The summed E-state index contributed by atoms with van der Waals surface area (Å²) in [7, 11) is 0. The van der Waals surface area contributed by atoms with E-state index in [1.165, 1.54) is 12.1 Å². The molecule has 3 nitrogen and oxygen atoms in total. The molecule has 0 unspecified atom stereocenters. The first kappa shape index (κ1) is 12.5. The molecule has 0 saturated carbocycles. The van der Waals surface area contributed by atoms with Crippen LogP contribution in [-0.4, -0.2) is 10.1 Å². The van der Waals surface area contributed by atoms with Crippen LogP contribution in [0, 0.1) is 12.7 Å². The number of rotatable bonds is 4. The van der Waals surface area contributed by atoms with E-state index in [-0.39, 0.29) is 6.61 Å². The highest BCUT2D eigenvalue weighted by Gasteiger charge is 2.02. The van der Waals surface area contributed by atoms with Crippen molar-refractivity contribution in [2.45, 2.75) is 20.1 Å². The number of aliphatic hydroxyl groups is 1. The normalized spacial score (nSPS) is 10.4. The van der Waals surface area contributed by atoms with Crippen molar-refractivity contribution in [1.29, 1.82) is 0 Å². The van der Waals surface area contributed by atoms with Crippen LogP contribution < -0.4 is 4.74 Å². The van der Waals surface area contributed by atoms with Crippen molar-refractivity contribution in [1.82, 2.24) is 4.98 Å². The first-order valence-corrected chi connectivity index (χ1v) is 5.61. The van der Waals surface area contributed by atoms with Crippen LogP contribution in [-0.2, 0) is 13.2 Å².